The molecule has 0 saturated carbocycles. The van der Waals surface area contributed by atoms with Crippen LogP contribution in [-0.2, 0) is 13.6 Å². The molecular weight excluding hydrogens is 336 g/mol. The monoisotopic (exact) mass is 346 g/mol. The van der Waals surface area contributed by atoms with Crippen LogP contribution >= 0.6 is 22.9 Å². The van der Waals surface area contributed by atoms with Gasteiger partial charge in [-0.2, -0.15) is 9.36 Å². The fraction of sp³-hybridized carbons (Fsp3) is 0.143. The number of aromatic nitrogens is 6. The fourth-order valence-electron chi connectivity index (χ4n) is 2.40. The molecule has 0 radical (unpaired) electrons. The first-order chi connectivity index (χ1) is 11.1. The van der Waals surface area contributed by atoms with E-state index < -0.39 is 0 Å². The second-order valence-electron chi connectivity index (χ2n) is 5.00. The third-order valence-corrected chi connectivity index (χ3v) is 4.66. The lowest BCUT2D eigenvalue weighted by Gasteiger charge is -2.00. The molecular formula is C14H11ClN6OS. The summed E-state index contributed by atoms with van der Waals surface area (Å²) < 4.78 is 4.50. The molecule has 0 aliphatic carbocycles. The summed E-state index contributed by atoms with van der Waals surface area (Å²) in [6.45, 7) is 0.243. The van der Waals surface area contributed by atoms with Crippen LogP contribution in [0.25, 0.3) is 16.0 Å². The Bertz CT molecular complexity index is 1050. The van der Waals surface area contributed by atoms with Gasteiger partial charge in [-0.1, -0.05) is 11.6 Å². The van der Waals surface area contributed by atoms with Crippen LogP contribution in [0.3, 0.4) is 0 Å². The lowest BCUT2D eigenvalue weighted by molar-refractivity contribution is 0.596. The number of imidazole rings is 1. The van der Waals surface area contributed by atoms with Gasteiger partial charge in [0.2, 0.25) is 0 Å². The average molecular weight is 347 g/mol. The third-order valence-electron chi connectivity index (χ3n) is 3.58. The minimum atomic E-state index is -0.294. The molecule has 0 atom stereocenters. The van der Waals surface area contributed by atoms with Crippen LogP contribution in [0.1, 0.15) is 5.82 Å². The molecule has 4 aromatic rings. The highest BCUT2D eigenvalue weighted by atomic mass is 35.5. The summed E-state index contributed by atoms with van der Waals surface area (Å²) >= 11 is 7.43. The maximum absolute atomic E-state index is 12.4. The van der Waals surface area contributed by atoms with Gasteiger partial charge in [-0.15, -0.1) is 11.3 Å². The quantitative estimate of drug-likeness (QED) is 0.569. The number of hydrogen-bond donors (Lipinski definition) is 0. The topological polar surface area (TPSA) is 70.5 Å². The lowest BCUT2D eigenvalue weighted by Crippen LogP contribution is -2.25. The standard InChI is InChI=1S/C14H11ClN6OS/c1-19-11-5-4-9(15)7-10(11)16-12(19)8-20-14(22)21(18-17-20)13-3-2-6-23-13/h2-7H,8H2,1H3. The SMILES string of the molecule is Cn1c(Cn2nnn(-c3cccs3)c2=O)nc2cc(Cl)ccc21. The number of thiophene rings is 1. The zero-order chi connectivity index (χ0) is 16.0. The Morgan fingerprint density at radius 3 is 2.91 bits per heavy atom. The number of hydrogen-bond acceptors (Lipinski definition) is 5. The van der Waals surface area contributed by atoms with Crippen LogP contribution in [0.4, 0.5) is 0 Å². The average Bonchev–Trinajstić information content (AvgIpc) is 3.22. The molecule has 116 valence electrons. The van der Waals surface area contributed by atoms with Gasteiger partial charge >= 0.3 is 5.69 Å². The van der Waals surface area contributed by atoms with Gasteiger partial charge in [0.1, 0.15) is 17.4 Å². The Kier molecular flexibility index (Phi) is 3.28. The van der Waals surface area contributed by atoms with Crippen molar-refractivity contribution in [1.82, 2.24) is 29.3 Å². The highest BCUT2D eigenvalue weighted by Gasteiger charge is 2.14. The Labute approximate surface area is 139 Å². The predicted molar refractivity (Wildman–Crippen MR) is 88.3 cm³/mol. The van der Waals surface area contributed by atoms with Crippen LogP contribution in [-0.4, -0.2) is 29.3 Å². The molecule has 0 unspecified atom stereocenters. The summed E-state index contributed by atoms with van der Waals surface area (Å²) in [6, 6.07) is 9.20. The van der Waals surface area contributed by atoms with E-state index in [0.29, 0.717) is 10.8 Å². The molecule has 0 aliphatic heterocycles. The zero-order valence-corrected chi connectivity index (χ0v) is 13.6. The van der Waals surface area contributed by atoms with Crippen LogP contribution < -0.4 is 5.69 Å². The van der Waals surface area contributed by atoms with Crippen LogP contribution in [0.15, 0.2) is 40.5 Å². The molecule has 3 heterocycles. The molecule has 3 aromatic heterocycles. The van der Waals surface area contributed by atoms with Crippen molar-refractivity contribution in [2.24, 2.45) is 7.05 Å². The second-order valence-corrected chi connectivity index (χ2v) is 6.36. The summed E-state index contributed by atoms with van der Waals surface area (Å²) in [5.41, 5.74) is 1.44. The molecule has 9 heteroatoms. The fourth-order valence-corrected chi connectivity index (χ4v) is 3.23. The van der Waals surface area contributed by atoms with E-state index >= 15 is 0 Å². The molecule has 0 bridgehead atoms. The maximum atomic E-state index is 12.4. The Balaban J connectivity index is 1.74. The minimum Gasteiger partial charge on any atom is -0.330 e. The normalized spacial score (nSPS) is 11.4. The van der Waals surface area contributed by atoms with Gasteiger partial charge in [-0.05, 0) is 46.1 Å². The molecule has 0 aliphatic rings. The van der Waals surface area contributed by atoms with Crippen molar-refractivity contribution < 1.29 is 0 Å². The summed E-state index contributed by atoms with van der Waals surface area (Å²) in [4.78, 5) is 16.9. The first-order valence-corrected chi connectivity index (χ1v) is 8.07. The van der Waals surface area contributed by atoms with Gasteiger partial charge in [0, 0.05) is 12.1 Å². The smallest absolute Gasteiger partial charge is 0.330 e. The van der Waals surface area contributed by atoms with Crippen molar-refractivity contribution >= 4 is 34.0 Å². The molecule has 0 amide bonds. The first kappa shape index (κ1) is 14.2. The van der Waals surface area contributed by atoms with E-state index in [1.54, 1.807) is 6.07 Å². The number of tetrazole rings is 1. The second kappa shape index (κ2) is 5.32. The lowest BCUT2D eigenvalue weighted by atomic mass is 10.3. The van der Waals surface area contributed by atoms with Crippen LogP contribution in [0, 0.1) is 0 Å². The summed E-state index contributed by atoms with van der Waals surface area (Å²) in [5, 5.41) is 11.1. The molecule has 0 saturated heterocycles. The molecule has 7 nitrogen and oxygen atoms in total. The van der Waals surface area contributed by atoms with Gasteiger partial charge in [0.05, 0.1) is 11.0 Å². The number of nitrogens with zero attached hydrogens (tertiary/aromatic N) is 6. The highest BCUT2D eigenvalue weighted by Crippen LogP contribution is 2.19. The van der Waals surface area contributed by atoms with E-state index in [2.05, 4.69) is 15.4 Å². The number of aryl methyl sites for hydroxylation is 1. The zero-order valence-electron chi connectivity index (χ0n) is 12.0. The number of halogens is 1. The Morgan fingerprint density at radius 1 is 1.26 bits per heavy atom. The molecule has 0 spiro atoms. The largest absolute Gasteiger partial charge is 0.369 e. The molecule has 4 rings (SSSR count). The van der Waals surface area contributed by atoms with Gasteiger partial charge in [-0.25, -0.2) is 9.78 Å². The van der Waals surface area contributed by atoms with Crippen LogP contribution in [0.2, 0.25) is 5.02 Å². The molecule has 1 aromatic carbocycles. The predicted octanol–water partition coefficient (Wildman–Crippen LogP) is 2.08. The van der Waals surface area contributed by atoms with Crippen LogP contribution in [0.5, 0.6) is 0 Å². The van der Waals surface area contributed by atoms with E-state index in [0.717, 1.165) is 16.0 Å². The van der Waals surface area contributed by atoms with E-state index in [1.165, 1.54) is 20.7 Å². The highest BCUT2D eigenvalue weighted by molar-refractivity contribution is 7.12. The summed E-state index contributed by atoms with van der Waals surface area (Å²) in [5.74, 6) is 0.711. The first-order valence-electron chi connectivity index (χ1n) is 6.81. The Morgan fingerprint density at radius 2 is 2.13 bits per heavy atom. The molecule has 0 N–H and O–H groups in total. The van der Waals surface area contributed by atoms with Gasteiger partial charge in [0.15, 0.2) is 0 Å². The van der Waals surface area contributed by atoms with E-state index in [9.17, 15) is 4.79 Å². The van der Waals surface area contributed by atoms with E-state index in [1.807, 2.05) is 41.3 Å². The summed E-state index contributed by atoms with van der Waals surface area (Å²) in [7, 11) is 1.90. The van der Waals surface area contributed by atoms with Crippen molar-refractivity contribution in [3.05, 3.63) is 57.0 Å². The summed E-state index contributed by atoms with van der Waals surface area (Å²) in [6.07, 6.45) is 0. The van der Waals surface area contributed by atoms with Crippen molar-refractivity contribution in [2.45, 2.75) is 6.54 Å². The number of benzene rings is 1. The molecule has 23 heavy (non-hydrogen) atoms. The van der Waals surface area contributed by atoms with Crippen molar-refractivity contribution in [1.29, 1.82) is 0 Å². The van der Waals surface area contributed by atoms with Gasteiger partial charge in [0.25, 0.3) is 0 Å². The van der Waals surface area contributed by atoms with Crippen molar-refractivity contribution in [3.63, 3.8) is 0 Å². The molecule has 0 fully saturated rings. The van der Waals surface area contributed by atoms with E-state index in [-0.39, 0.29) is 12.2 Å². The maximum Gasteiger partial charge on any atom is 0.369 e. The third kappa shape index (κ3) is 2.36. The Hall–Kier alpha value is -2.45. The van der Waals surface area contributed by atoms with Crippen molar-refractivity contribution in [3.8, 4) is 5.00 Å². The minimum absolute atomic E-state index is 0.243. The number of rotatable bonds is 3. The van der Waals surface area contributed by atoms with Gasteiger partial charge < -0.3 is 4.57 Å². The van der Waals surface area contributed by atoms with Crippen molar-refractivity contribution in [2.75, 3.05) is 0 Å². The number of fused-ring (bicyclic) bond motifs is 1. The van der Waals surface area contributed by atoms with Gasteiger partial charge in [-0.3, -0.25) is 0 Å². The van der Waals surface area contributed by atoms with E-state index in [4.69, 9.17) is 11.6 Å².